The molecule has 19 heavy (non-hydrogen) atoms. The molecule has 0 aromatic carbocycles. The van der Waals surface area contributed by atoms with Gasteiger partial charge in [-0.1, -0.05) is 0 Å². The molecular formula is C13H21N3O2S. The van der Waals surface area contributed by atoms with E-state index in [4.69, 9.17) is 0 Å². The lowest BCUT2D eigenvalue weighted by molar-refractivity contribution is -0.119. The molecule has 1 unspecified atom stereocenters. The van der Waals surface area contributed by atoms with Crippen LogP contribution in [0.3, 0.4) is 0 Å². The van der Waals surface area contributed by atoms with Gasteiger partial charge in [-0.15, -0.1) is 11.3 Å². The van der Waals surface area contributed by atoms with Crippen molar-refractivity contribution in [2.75, 3.05) is 20.6 Å². The van der Waals surface area contributed by atoms with Crippen molar-refractivity contribution in [1.82, 2.24) is 15.2 Å². The summed E-state index contributed by atoms with van der Waals surface area (Å²) in [6.07, 6.45) is 2.44. The van der Waals surface area contributed by atoms with Crippen LogP contribution in [0.15, 0.2) is 5.38 Å². The van der Waals surface area contributed by atoms with Crippen molar-refractivity contribution in [2.45, 2.75) is 31.9 Å². The van der Waals surface area contributed by atoms with Crippen LogP contribution in [0.1, 0.15) is 23.5 Å². The number of aromatic nitrogens is 1. The van der Waals surface area contributed by atoms with Gasteiger partial charge in [0.05, 0.1) is 18.2 Å². The smallest absolute Gasteiger partial charge is 0.226 e. The summed E-state index contributed by atoms with van der Waals surface area (Å²) in [5.74, 6) is 0.486. The maximum atomic E-state index is 11.3. The molecule has 2 N–H and O–H groups in total. The van der Waals surface area contributed by atoms with Crippen LogP contribution in [0.5, 0.6) is 0 Å². The zero-order valence-electron chi connectivity index (χ0n) is 11.4. The van der Waals surface area contributed by atoms with Gasteiger partial charge in [0.2, 0.25) is 5.91 Å². The third-order valence-electron chi connectivity index (χ3n) is 3.29. The van der Waals surface area contributed by atoms with E-state index in [1.807, 2.05) is 12.4 Å². The lowest BCUT2D eigenvalue weighted by atomic mass is 10.2. The van der Waals surface area contributed by atoms with Gasteiger partial charge in [0.1, 0.15) is 5.01 Å². The molecule has 0 bridgehead atoms. The number of nitrogens with one attached hydrogen (secondary N) is 1. The van der Waals surface area contributed by atoms with Gasteiger partial charge < -0.3 is 10.4 Å². The number of aliphatic hydroxyl groups excluding tert-OH is 1. The normalized spacial score (nSPS) is 16.6. The van der Waals surface area contributed by atoms with E-state index in [-0.39, 0.29) is 12.0 Å². The van der Waals surface area contributed by atoms with Crippen LogP contribution in [0, 0.1) is 5.92 Å². The zero-order valence-corrected chi connectivity index (χ0v) is 12.2. The summed E-state index contributed by atoms with van der Waals surface area (Å²) in [5, 5.41) is 15.3. The Morgan fingerprint density at radius 1 is 1.68 bits per heavy atom. The van der Waals surface area contributed by atoms with Gasteiger partial charge in [-0.3, -0.25) is 9.69 Å². The summed E-state index contributed by atoms with van der Waals surface area (Å²) in [7, 11) is 3.62. The van der Waals surface area contributed by atoms with E-state index in [2.05, 4.69) is 15.2 Å². The van der Waals surface area contributed by atoms with Gasteiger partial charge in [-0.05, 0) is 25.8 Å². The largest absolute Gasteiger partial charge is 0.392 e. The van der Waals surface area contributed by atoms with E-state index < -0.39 is 0 Å². The minimum absolute atomic E-state index is 0.0154. The first-order valence-electron chi connectivity index (χ1n) is 6.59. The average molecular weight is 283 g/mol. The number of hydrogen-bond donors (Lipinski definition) is 2. The highest BCUT2D eigenvalue weighted by Gasteiger charge is 2.30. The Hall–Kier alpha value is -0.980. The molecule has 106 valence electrons. The van der Waals surface area contributed by atoms with Gasteiger partial charge in [0.25, 0.3) is 0 Å². The number of hydrogen-bond acceptors (Lipinski definition) is 5. The summed E-state index contributed by atoms with van der Waals surface area (Å²) in [5.41, 5.74) is 0.967. The van der Waals surface area contributed by atoms with Crippen LogP contribution in [0.25, 0.3) is 0 Å². The monoisotopic (exact) mass is 283 g/mol. The van der Waals surface area contributed by atoms with Crippen molar-refractivity contribution in [2.24, 2.45) is 5.92 Å². The number of carbonyl (C=O) groups is 1. The summed E-state index contributed by atoms with van der Waals surface area (Å²) in [6.45, 7) is 1.40. The molecule has 1 aliphatic carbocycles. The maximum absolute atomic E-state index is 11.3. The Morgan fingerprint density at radius 3 is 3.05 bits per heavy atom. The predicted octanol–water partition coefficient (Wildman–Crippen LogP) is 0.634. The highest BCUT2D eigenvalue weighted by molar-refractivity contribution is 7.09. The van der Waals surface area contributed by atoms with Gasteiger partial charge in [0.15, 0.2) is 0 Å². The quantitative estimate of drug-likeness (QED) is 0.770. The Balaban J connectivity index is 1.79. The van der Waals surface area contributed by atoms with Gasteiger partial charge in [-0.2, -0.15) is 0 Å². The summed E-state index contributed by atoms with van der Waals surface area (Å²) in [6, 6.07) is 0. The van der Waals surface area contributed by atoms with Crippen LogP contribution in [-0.2, 0) is 17.8 Å². The van der Waals surface area contributed by atoms with Crippen molar-refractivity contribution in [3.05, 3.63) is 16.1 Å². The molecule has 1 aromatic rings. The lowest BCUT2D eigenvalue weighted by Crippen LogP contribution is -2.30. The Bertz CT molecular complexity index is 431. The maximum Gasteiger partial charge on any atom is 0.226 e. The van der Waals surface area contributed by atoms with Crippen molar-refractivity contribution in [1.29, 1.82) is 0 Å². The van der Waals surface area contributed by atoms with Crippen LogP contribution in [0.2, 0.25) is 0 Å². The molecule has 1 heterocycles. The first kappa shape index (κ1) is 14.4. The highest BCUT2D eigenvalue weighted by atomic mass is 32.1. The fraction of sp³-hybridized carbons (Fsp3) is 0.692. The Labute approximate surface area is 117 Å². The first-order valence-corrected chi connectivity index (χ1v) is 7.47. The number of carbonyl (C=O) groups excluding carboxylic acids is 1. The second-order valence-corrected chi connectivity index (χ2v) is 6.13. The third kappa shape index (κ3) is 4.56. The van der Waals surface area contributed by atoms with Crippen molar-refractivity contribution in [3.63, 3.8) is 0 Å². The fourth-order valence-corrected chi connectivity index (χ4v) is 2.80. The molecule has 5 nitrogen and oxygen atoms in total. The van der Waals surface area contributed by atoms with Crippen LogP contribution >= 0.6 is 11.3 Å². The number of amides is 1. The van der Waals surface area contributed by atoms with E-state index in [0.717, 1.165) is 23.5 Å². The van der Waals surface area contributed by atoms with Crippen LogP contribution in [0.4, 0.5) is 0 Å². The van der Waals surface area contributed by atoms with Crippen LogP contribution in [-0.4, -0.2) is 47.6 Å². The molecule has 2 rings (SSSR count). The summed E-state index contributed by atoms with van der Waals surface area (Å²) >= 11 is 1.51. The molecule has 1 fully saturated rings. The number of aliphatic hydroxyl groups is 1. The second kappa shape index (κ2) is 6.45. The average Bonchev–Trinajstić information content (AvgIpc) is 3.13. The van der Waals surface area contributed by atoms with Gasteiger partial charge >= 0.3 is 0 Å². The van der Waals surface area contributed by atoms with Crippen molar-refractivity contribution >= 4 is 17.2 Å². The number of thiazole rings is 1. The van der Waals surface area contributed by atoms with E-state index >= 15 is 0 Å². The molecule has 6 heteroatoms. The van der Waals surface area contributed by atoms with Crippen molar-refractivity contribution < 1.29 is 9.90 Å². The van der Waals surface area contributed by atoms with E-state index in [1.54, 1.807) is 7.05 Å². The van der Waals surface area contributed by atoms with Crippen LogP contribution < -0.4 is 5.32 Å². The number of rotatable bonds is 7. The Morgan fingerprint density at radius 2 is 2.42 bits per heavy atom. The minimum Gasteiger partial charge on any atom is -0.392 e. The first-order chi connectivity index (χ1) is 9.08. The molecule has 1 aliphatic rings. The topological polar surface area (TPSA) is 65.5 Å². The third-order valence-corrected chi connectivity index (χ3v) is 4.18. The second-order valence-electron chi connectivity index (χ2n) is 5.18. The predicted molar refractivity (Wildman–Crippen MR) is 74.9 cm³/mol. The molecule has 1 atom stereocenters. The standard InChI is InChI=1S/C13H21N3O2S/c1-14-12(18)5-13-15-10(8-19-13)6-16(2)7-11(17)9-3-4-9/h8-9,11,17H,3-7H2,1-2H3,(H,14,18). The van der Waals surface area contributed by atoms with E-state index in [9.17, 15) is 9.90 Å². The number of nitrogens with zero attached hydrogens (tertiary/aromatic N) is 2. The van der Waals surface area contributed by atoms with E-state index in [1.165, 1.54) is 11.3 Å². The summed E-state index contributed by atoms with van der Waals surface area (Å²) < 4.78 is 0. The SMILES string of the molecule is CNC(=O)Cc1nc(CN(C)CC(O)C2CC2)cs1. The van der Waals surface area contributed by atoms with Gasteiger partial charge in [0, 0.05) is 25.5 Å². The molecule has 1 saturated carbocycles. The minimum atomic E-state index is -0.214. The molecule has 0 aliphatic heterocycles. The molecule has 0 spiro atoms. The highest BCUT2D eigenvalue weighted by Crippen LogP contribution is 2.32. The lowest BCUT2D eigenvalue weighted by Gasteiger charge is -2.19. The summed E-state index contributed by atoms with van der Waals surface area (Å²) in [4.78, 5) is 17.8. The Kier molecular flexibility index (Phi) is 4.90. The van der Waals surface area contributed by atoms with E-state index in [0.29, 0.717) is 25.4 Å². The molecular weight excluding hydrogens is 262 g/mol. The molecule has 0 radical (unpaired) electrons. The molecule has 0 saturated heterocycles. The molecule has 1 aromatic heterocycles. The zero-order chi connectivity index (χ0) is 13.8. The van der Waals surface area contributed by atoms with Gasteiger partial charge in [-0.25, -0.2) is 4.98 Å². The van der Waals surface area contributed by atoms with Crippen molar-refractivity contribution in [3.8, 4) is 0 Å². The fourth-order valence-electron chi connectivity index (χ4n) is 2.02. The number of likely N-dealkylation sites (N-methyl/N-ethyl adjacent to an activating group) is 2. The molecule has 1 amide bonds.